The quantitative estimate of drug-likeness (QED) is 0.460. The Morgan fingerprint density at radius 1 is 1.03 bits per heavy atom. The highest BCUT2D eigenvalue weighted by atomic mass is 35.5. The summed E-state index contributed by atoms with van der Waals surface area (Å²) >= 11 is 1.79. The van der Waals surface area contributed by atoms with Crippen LogP contribution in [-0.2, 0) is 0 Å². The molecule has 2 aromatic heterocycles. The molecule has 1 saturated carbocycles. The normalized spacial score (nSPS) is 18.4. The van der Waals surface area contributed by atoms with Gasteiger partial charge in [-0.3, -0.25) is 0 Å². The maximum Gasteiger partial charge on any atom is 0.147 e. The van der Waals surface area contributed by atoms with Crippen molar-refractivity contribution in [2.24, 2.45) is 5.92 Å². The summed E-state index contributed by atoms with van der Waals surface area (Å²) in [6.45, 7) is 7.62. The Kier molecular flexibility index (Phi) is 8.82. The second-order valence-corrected chi connectivity index (χ2v) is 9.62. The number of thiophene rings is 1. The lowest BCUT2D eigenvalue weighted by molar-refractivity contribution is 0.111. The standard InChI is InChI=1S/C25H31N3OS.2ClH/c1-2-27-12-14-28(15-13-27)25-24-21(11-16-30-24)17-22(26-25)18-7-9-20(10-8-18)23(29)19-5-3-4-6-19;;/h7-11,16-17,19,23,29H,2-6,12-15H2,1H3;2*1H. The SMILES string of the molecule is CCN1CCN(c2nc(-c3ccc(C(O)C4CCCC4)cc3)cc3ccsc23)CC1.Cl.Cl. The molecule has 2 aliphatic rings. The lowest BCUT2D eigenvalue weighted by atomic mass is 9.93. The summed E-state index contributed by atoms with van der Waals surface area (Å²) in [6, 6.07) is 12.9. The third-order valence-electron chi connectivity index (χ3n) is 6.93. The number of nitrogens with zero attached hydrogens (tertiary/aromatic N) is 3. The zero-order valence-corrected chi connectivity index (χ0v) is 21.0. The fraction of sp³-hybridized carbons (Fsp3) is 0.480. The molecule has 2 fully saturated rings. The van der Waals surface area contributed by atoms with E-state index in [2.05, 4.69) is 58.5 Å². The van der Waals surface area contributed by atoms with Crippen LogP contribution in [0.3, 0.4) is 0 Å². The second-order valence-electron chi connectivity index (χ2n) is 8.70. The Labute approximate surface area is 207 Å². The number of pyridine rings is 1. The summed E-state index contributed by atoms with van der Waals surface area (Å²) in [6.07, 6.45) is 4.46. The topological polar surface area (TPSA) is 39.6 Å². The highest BCUT2D eigenvalue weighted by Crippen LogP contribution is 2.37. The molecule has 0 amide bonds. The van der Waals surface area contributed by atoms with E-state index >= 15 is 0 Å². The van der Waals surface area contributed by atoms with Crippen LogP contribution in [0.15, 0.2) is 41.8 Å². The number of rotatable bonds is 5. The first-order valence-corrected chi connectivity index (χ1v) is 12.2. The number of piperazine rings is 1. The lowest BCUT2D eigenvalue weighted by Crippen LogP contribution is -2.46. The van der Waals surface area contributed by atoms with Gasteiger partial charge in [-0.2, -0.15) is 0 Å². The van der Waals surface area contributed by atoms with Gasteiger partial charge in [0.25, 0.3) is 0 Å². The molecule has 1 unspecified atom stereocenters. The number of aromatic nitrogens is 1. The third kappa shape index (κ3) is 5.07. The third-order valence-corrected chi connectivity index (χ3v) is 7.86. The van der Waals surface area contributed by atoms with Crippen molar-refractivity contribution in [2.75, 3.05) is 37.6 Å². The highest BCUT2D eigenvalue weighted by Gasteiger charge is 2.24. The number of anilines is 1. The van der Waals surface area contributed by atoms with Crippen molar-refractivity contribution in [3.63, 3.8) is 0 Å². The molecule has 0 radical (unpaired) electrons. The summed E-state index contributed by atoms with van der Waals surface area (Å²) in [5, 5.41) is 14.2. The van der Waals surface area contributed by atoms with E-state index in [1.165, 1.54) is 22.9 Å². The van der Waals surface area contributed by atoms with E-state index in [0.717, 1.165) is 68.2 Å². The van der Waals surface area contributed by atoms with Crippen LogP contribution in [0.25, 0.3) is 21.3 Å². The minimum Gasteiger partial charge on any atom is -0.388 e. The van der Waals surface area contributed by atoms with Gasteiger partial charge < -0.3 is 14.9 Å². The van der Waals surface area contributed by atoms with E-state index in [1.54, 1.807) is 11.3 Å². The zero-order chi connectivity index (χ0) is 20.5. The molecule has 7 heteroatoms. The van der Waals surface area contributed by atoms with Gasteiger partial charge in [0.05, 0.1) is 16.5 Å². The van der Waals surface area contributed by atoms with Crippen molar-refractivity contribution >= 4 is 52.1 Å². The Morgan fingerprint density at radius 3 is 2.38 bits per heavy atom. The molecule has 1 aliphatic heterocycles. The molecule has 1 saturated heterocycles. The molecule has 0 bridgehead atoms. The van der Waals surface area contributed by atoms with E-state index in [0.29, 0.717) is 5.92 Å². The van der Waals surface area contributed by atoms with Gasteiger partial charge in [-0.1, -0.05) is 44.0 Å². The summed E-state index contributed by atoms with van der Waals surface area (Å²) < 4.78 is 1.29. The van der Waals surface area contributed by atoms with Gasteiger partial charge in [-0.15, -0.1) is 36.2 Å². The van der Waals surface area contributed by atoms with Crippen LogP contribution in [-0.4, -0.2) is 47.7 Å². The smallest absolute Gasteiger partial charge is 0.147 e. The molecule has 1 aromatic carbocycles. The first-order valence-electron chi connectivity index (χ1n) is 11.4. The molecule has 3 heterocycles. The van der Waals surface area contributed by atoms with Crippen LogP contribution >= 0.6 is 36.2 Å². The number of aliphatic hydroxyl groups excluding tert-OH is 1. The first kappa shape index (κ1) is 25.3. The van der Waals surface area contributed by atoms with Crippen molar-refractivity contribution in [2.45, 2.75) is 38.7 Å². The van der Waals surface area contributed by atoms with E-state index in [4.69, 9.17) is 4.98 Å². The Hall–Kier alpha value is -1.37. The van der Waals surface area contributed by atoms with Crippen molar-refractivity contribution in [1.29, 1.82) is 0 Å². The van der Waals surface area contributed by atoms with E-state index in [-0.39, 0.29) is 30.9 Å². The number of hydrogen-bond donors (Lipinski definition) is 1. The monoisotopic (exact) mass is 493 g/mol. The Bertz CT molecular complexity index is 996. The summed E-state index contributed by atoms with van der Waals surface area (Å²) in [5.41, 5.74) is 3.19. The average Bonchev–Trinajstić information content (AvgIpc) is 3.50. The van der Waals surface area contributed by atoms with Gasteiger partial charge in [0.1, 0.15) is 5.82 Å². The molecule has 1 aliphatic carbocycles. The fourth-order valence-corrected chi connectivity index (χ4v) is 5.89. The molecule has 3 aromatic rings. The van der Waals surface area contributed by atoms with Crippen LogP contribution in [0, 0.1) is 5.92 Å². The molecule has 5 rings (SSSR count). The van der Waals surface area contributed by atoms with Crippen LogP contribution in [0.5, 0.6) is 0 Å². The minimum atomic E-state index is -0.334. The van der Waals surface area contributed by atoms with Crippen LogP contribution in [0.2, 0.25) is 0 Å². The van der Waals surface area contributed by atoms with Gasteiger partial charge in [0.15, 0.2) is 0 Å². The van der Waals surface area contributed by atoms with Crippen LogP contribution in [0.4, 0.5) is 5.82 Å². The van der Waals surface area contributed by atoms with E-state index < -0.39 is 0 Å². The van der Waals surface area contributed by atoms with Crippen LogP contribution < -0.4 is 4.90 Å². The van der Waals surface area contributed by atoms with Crippen LogP contribution in [0.1, 0.15) is 44.3 Å². The average molecular weight is 495 g/mol. The molecular formula is C25H33Cl2N3OS. The number of fused-ring (bicyclic) bond motifs is 1. The molecule has 1 atom stereocenters. The maximum absolute atomic E-state index is 10.7. The zero-order valence-electron chi connectivity index (χ0n) is 18.6. The number of benzene rings is 1. The number of halogens is 2. The number of aliphatic hydroxyl groups is 1. The molecule has 174 valence electrons. The fourth-order valence-electron chi connectivity index (χ4n) is 4.99. The molecule has 32 heavy (non-hydrogen) atoms. The predicted octanol–water partition coefficient (Wildman–Crippen LogP) is 6.17. The van der Waals surface area contributed by atoms with Crippen molar-refractivity contribution < 1.29 is 5.11 Å². The van der Waals surface area contributed by atoms with Gasteiger partial charge in [-0.05, 0) is 53.8 Å². The predicted molar refractivity (Wildman–Crippen MR) is 141 cm³/mol. The Morgan fingerprint density at radius 2 is 1.72 bits per heavy atom. The largest absolute Gasteiger partial charge is 0.388 e. The number of hydrogen-bond acceptors (Lipinski definition) is 5. The molecule has 4 nitrogen and oxygen atoms in total. The van der Waals surface area contributed by atoms with Gasteiger partial charge in [-0.25, -0.2) is 4.98 Å². The summed E-state index contributed by atoms with van der Waals surface area (Å²) in [4.78, 5) is 10.1. The number of likely N-dealkylation sites (N-methyl/N-ethyl adjacent to an activating group) is 1. The minimum absolute atomic E-state index is 0. The summed E-state index contributed by atoms with van der Waals surface area (Å²) in [7, 11) is 0. The van der Waals surface area contributed by atoms with Gasteiger partial charge in [0.2, 0.25) is 0 Å². The van der Waals surface area contributed by atoms with Crippen molar-refractivity contribution in [3.8, 4) is 11.3 Å². The Balaban J connectivity index is 0.00000144. The van der Waals surface area contributed by atoms with Gasteiger partial charge in [0, 0.05) is 31.7 Å². The first-order chi connectivity index (χ1) is 14.7. The van der Waals surface area contributed by atoms with Gasteiger partial charge >= 0.3 is 0 Å². The molecule has 0 spiro atoms. The highest BCUT2D eigenvalue weighted by molar-refractivity contribution is 7.17. The van der Waals surface area contributed by atoms with E-state index in [9.17, 15) is 5.11 Å². The second kappa shape index (κ2) is 11.2. The molecule has 1 N–H and O–H groups in total. The maximum atomic E-state index is 10.7. The van der Waals surface area contributed by atoms with E-state index in [1.807, 2.05) is 0 Å². The van der Waals surface area contributed by atoms with Crippen molar-refractivity contribution in [3.05, 3.63) is 47.3 Å². The lowest BCUT2D eigenvalue weighted by Gasteiger charge is -2.35. The summed E-state index contributed by atoms with van der Waals surface area (Å²) in [5.74, 6) is 1.55. The molecular weight excluding hydrogens is 461 g/mol. The van der Waals surface area contributed by atoms with Crippen molar-refractivity contribution in [1.82, 2.24) is 9.88 Å².